The molecule has 2 aliphatic rings. The Labute approximate surface area is 116 Å². The van der Waals surface area contributed by atoms with Gasteiger partial charge in [0.15, 0.2) is 0 Å². The molecule has 3 unspecified atom stereocenters. The van der Waals surface area contributed by atoms with Gasteiger partial charge in [0.1, 0.15) is 6.04 Å². The van der Waals surface area contributed by atoms with Gasteiger partial charge >= 0.3 is 5.97 Å². The maximum absolute atomic E-state index is 12.2. The standard InChI is InChI=1S/C12H20N2O4S/c1-18-9-5-10(12(16)17)14(6-9)11(15)4-8-7-19-3-2-13-8/h8-10,13H,2-7H2,1H3,(H,16,17). The average Bonchev–Trinajstić information content (AvgIpc) is 2.84. The number of carbonyl (C=O) groups excluding carboxylic acids is 1. The van der Waals surface area contributed by atoms with Crippen molar-refractivity contribution in [3.8, 4) is 0 Å². The molecule has 0 aromatic rings. The topological polar surface area (TPSA) is 78.9 Å². The van der Waals surface area contributed by atoms with E-state index in [1.54, 1.807) is 7.11 Å². The lowest BCUT2D eigenvalue weighted by atomic mass is 10.1. The van der Waals surface area contributed by atoms with E-state index < -0.39 is 12.0 Å². The third-order valence-corrected chi connectivity index (χ3v) is 4.75. The van der Waals surface area contributed by atoms with Crippen LogP contribution in [0.3, 0.4) is 0 Å². The summed E-state index contributed by atoms with van der Waals surface area (Å²) < 4.78 is 5.18. The van der Waals surface area contributed by atoms with Crippen LogP contribution in [0.4, 0.5) is 0 Å². The number of likely N-dealkylation sites (tertiary alicyclic amines) is 1. The summed E-state index contributed by atoms with van der Waals surface area (Å²) in [5.74, 6) is 0.939. The molecule has 0 saturated carbocycles. The van der Waals surface area contributed by atoms with Gasteiger partial charge in [0.25, 0.3) is 0 Å². The maximum atomic E-state index is 12.2. The lowest BCUT2D eigenvalue weighted by Crippen LogP contribution is -2.46. The summed E-state index contributed by atoms with van der Waals surface area (Å²) in [6, 6.07) is -0.587. The van der Waals surface area contributed by atoms with Gasteiger partial charge in [0.2, 0.25) is 5.91 Å². The van der Waals surface area contributed by atoms with E-state index >= 15 is 0 Å². The Kier molecular flexibility index (Phi) is 5.06. The molecule has 0 aromatic carbocycles. The Morgan fingerprint density at radius 3 is 2.89 bits per heavy atom. The number of nitrogens with one attached hydrogen (secondary N) is 1. The van der Waals surface area contributed by atoms with Crippen molar-refractivity contribution in [3.63, 3.8) is 0 Å². The zero-order valence-corrected chi connectivity index (χ0v) is 11.8. The number of hydrogen-bond acceptors (Lipinski definition) is 5. The molecule has 19 heavy (non-hydrogen) atoms. The van der Waals surface area contributed by atoms with Crippen molar-refractivity contribution >= 4 is 23.6 Å². The SMILES string of the molecule is COC1CC(C(=O)O)N(C(=O)CC2CSCCN2)C1. The van der Waals surface area contributed by atoms with E-state index in [9.17, 15) is 14.7 Å². The van der Waals surface area contributed by atoms with E-state index in [1.165, 1.54) is 4.90 Å². The smallest absolute Gasteiger partial charge is 0.326 e. The third-order valence-electron chi connectivity index (χ3n) is 3.62. The van der Waals surface area contributed by atoms with E-state index in [0.717, 1.165) is 18.1 Å². The molecule has 0 radical (unpaired) electrons. The van der Waals surface area contributed by atoms with Crippen molar-refractivity contribution in [2.75, 3.05) is 31.7 Å². The number of carboxylic acids is 1. The van der Waals surface area contributed by atoms with Crippen LogP contribution in [0.2, 0.25) is 0 Å². The van der Waals surface area contributed by atoms with Gasteiger partial charge in [-0.15, -0.1) is 0 Å². The maximum Gasteiger partial charge on any atom is 0.326 e. The second kappa shape index (κ2) is 6.58. The van der Waals surface area contributed by atoms with E-state index in [4.69, 9.17) is 4.74 Å². The number of nitrogens with zero attached hydrogens (tertiary/aromatic N) is 1. The molecule has 2 saturated heterocycles. The molecule has 3 atom stereocenters. The van der Waals surface area contributed by atoms with Crippen molar-refractivity contribution in [1.82, 2.24) is 10.2 Å². The molecule has 7 heteroatoms. The summed E-state index contributed by atoms with van der Waals surface area (Å²) in [7, 11) is 1.55. The van der Waals surface area contributed by atoms with Crippen LogP contribution in [0.25, 0.3) is 0 Å². The molecule has 6 nitrogen and oxygen atoms in total. The highest BCUT2D eigenvalue weighted by molar-refractivity contribution is 7.99. The largest absolute Gasteiger partial charge is 0.480 e. The summed E-state index contributed by atoms with van der Waals surface area (Å²) in [6.45, 7) is 1.29. The van der Waals surface area contributed by atoms with Crippen LogP contribution in [0.1, 0.15) is 12.8 Å². The van der Waals surface area contributed by atoms with Crippen molar-refractivity contribution in [2.45, 2.75) is 31.0 Å². The molecule has 0 bridgehead atoms. The fourth-order valence-corrected chi connectivity index (χ4v) is 3.51. The van der Waals surface area contributed by atoms with Gasteiger partial charge in [0, 0.05) is 50.6 Å². The predicted octanol–water partition coefficient (Wildman–Crippen LogP) is -0.218. The van der Waals surface area contributed by atoms with E-state index in [-0.39, 0.29) is 18.1 Å². The van der Waals surface area contributed by atoms with Crippen LogP contribution >= 0.6 is 11.8 Å². The minimum Gasteiger partial charge on any atom is -0.480 e. The van der Waals surface area contributed by atoms with Crippen molar-refractivity contribution in [2.24, 2.45) is 0 Å². The van der Waals surface area contributed by atoms with E-state index in [2.05, 4.69) is 5.32 Å². The number of carbonyl (C=O) groups is 2. The number of hydrogen-bond donors (Lipinski definition) is 2. The molecule has 2 N–H and O–H groups in total. The normalized spacial score (nSPS) is 31.4. The lowest BCUT2D eigenvalue weighted by molar-refractivity contribution is -0.148. The van der Waals surface area contributed by atoms with Gasteiger partial charge < -0.3 is 20.1 Å². The molecule has 108 valence electrons. The summed E-state index contributed by atoms with van der Waals surface area (Å²) >= 11 is 1.83. The minimum atomic E-state index is -0.945. The Balaban J connectivity index is 1.94. The zero-order valence-electron chi connectivity index (χ0n) is 11.0. The monoisotopic (exact) mass is 288 g/mol. The number of ether oxygens (including phenoxy) is 1. The number of thioether (sulfide) groups is 1. The first kappa shape index (κ1) is 14.6. The van der Waals surface area contributed by atoms with Crippen LogP contribution in [-0.4, -0.2) is 71.8 Å². The van der Waals surface area contributed by atoms with Crippen LogP contribution in [0.15, 0.2) is 0 Å². The fourth-order valence-electron chi connectivity index (χ4n) is 2.56. The van der Waals surface area contributed by atoms with Crippen molar-refractivity contribution in [1.29, 1.82) is 0 Å². The van der Waals surface area contributed by atoms with Crippen LogP contribution < -0.4 is 5.32 Å². The Bertz CT molecular complexity index is 347. The number of aliphatic carboxylic acids is 1. The number of amides is 1. The van der Waals surface area contributed by atoms with E-state index in [1.807, 2.05) is 11.8 Å². The first-order valence-electron chi connectivity index (χ1n) is 6.48. The highest BCUT2D eigenvalue weighted by Gasteiger charge is 2.40. The number of rotatable bonds is 4. The summed E-state index contributed by atoms with van der Waals surface area (Å²) in [4.78, 5) is 24.9. The van der Waals surface area contributed by atoms with Gasteiger partial charge in [-0.3, -0.25) is 4.79 Å². The van der Waals surface area contributed by atoms with Crippen LogP contribution in [0.5, 0.6) is 0 Å². The molecule has 0 spiro atoms. The Morgan fingerprint density at radius 2 is 2.32 bits per heavy atom. The van der Waals surface area contributed by atoms with Crippen molar-refractivity contribution in [3.05, 3.63) is 0 Å². The zero-order chi connectivity index (χ0) is 13.8. The molecule has 2 aliphatic heterocycles. The summed E-state index contributed by atoms with van der Waals surface area (Å²) in [5, 5.41) is 12.5. The van der Waals surface area contributed by atoms with Crippen molar-refractivity contribution < 1.29 is 19.4 Å². The molecule has 2 heterocycles. The first-order valence-corrected chi connectivity index (χ1v) is 7.63. The van der Waals surface area contributed by atoms with E-state index in [0.29, 0.717) is 19.4 Å². The fraction of sp³-hybridized carbons (Fsp3) is 0.833. The highest BCUT2D eigenvalue weighted by atomic mass is 32.2. The van der Waals surface area contributed by atoms with Gasteiger partial charge in [-0.2, -0.15) is 11.8 Å². The summed E-state index contributed by atoms with van der Waals surface area (Å²) in [5.41, 5.74) is 0. The second-order valence-electron chi connectivity index (χ2n) is 4.92. The quantitative estimate of drug-likeness (QED) is 0.745. The predicted molar refractivity (Wildman–Crippen MR) is 72.3 cm³/mol. The van der Waals surface area contributed by atoms with Crippen LogP contribution in [0, 0.1) is 0 Å². The molecule has 1 amide bonds. The van der Waals surface area contributed by atoms with Gasteiger partial charge in [0.05, 0.1) is 6.10 Å². The molecule has 2 rings (SSSR count). The molecular weight excluding hydrogens is 268 g/mol. The highest BCUT2D eigenvalue weighted by Crippen LogP contribution is 2.22. The number of carboxylic acid groups (broad SMARTS) is 1. The molecule has 0 aromatic heterocycles. The Morgan fingerprint density at radius 1 is 1.53 bits per heavy atom. The molecule has 0 aliphatic carbocycles. The number of methoxy groups -OCH3 is 1. The van der Waals surface area contributed by atoms with Crippen LogP contribution in [-0.2, 0) is 14.3 Å². The van der Waals surface area contributed by atoms with Gasteiger partial charge in [-0.1, -0.05) is 0 Å². The van der Waals surface area contributed by atoms with Gasteiger partial charge in [-0.25, -0.2) is 4.79 Å². The average molecular weight is 288 g/mol. The lowest BCUT2D eigenvalue weighted by Gasteiger charge is -2.27. The molecular formula is C12H20N2O4S. The minimum absolute atomic E-state index is 0.0908. The van der Waals surface area contributed by atoms with Gasteiger partial charge in [-0.05, 0) is 0 Å². The third kappa shape index (κ3) is 3.61. The summed E-state index contributed by atoms with van der Waals surface area (Å²) in [6.07, 6.45) is 0.580. The molecule has 2 fully saturated rings. The Hall–Kier alpha value is -0.790. The first-order chi connectivity index (χ1) is 9.11. The second-order valence-corrected chi connectivity index (χ2v) is 6.07.